The largest absolute Gasteiger partial charge is 0.444 e. The van der Waals surface area contributed by atoms with Crippen LogP contribution >= 0.6 is 11.8 Å². The van der Waals surface area contributed by atoms with Gasteiger partial charge in [0, 0.05) is 25.8 Å². The van der Waals surface area contributed by atoms with Gasteiger partial charge in [-0.1, -0.05) is 32.0 Å². The molecule has 3 atom stereocenters. The highest BCUT2D eigenvalue weighted by atomic mass is 32.2. The first kappa shape index (κ1) is 22.2. The number of thioether (sulfide) groups is 1. The molecule has 136 valence electrons. The number of hydrogen-bond acceptors (Lipinski definition) is 5. The highest BCUT2D eigenvalue weighted by Gasteiger charge is 2.25. The molecular weight excluding hydrogens is 314 g/mol. The lowest BCUT2D eigenvalue weighted by Gasteiger charge is -2.29. The van der Waals surface area contributed by atoms with Gasteiger partial charge in [-0.3, -0.25) is 4.79 Å². The second kappa shape index (κ2) is 10.9. The molecule has 0 saturated heterocycles. The van der Waals surface area contributed by atoms with Crippen LogP contribution in [0.1, 0.15) is 60.8 Å². The zero-order chi connectivity index (χ0) is 18.0. The van der Waals surface area contributed by atoms with Crippen molar-refractivity contribution in [3.05, 3.63) is 0 Å². The Hall–Kier alpha value is -0.750. The van der Waals surface area contributed by atoms with Gasteiger partial charge < -0.3 is 14.8 Å². The Balaban J connectivity index is 4.76. The number of carbonyl (C=O) groups excluding carboxylic acids is 2. The van der Waals surface area contributed by atoms with Crippen LogP contribution in [0.4, 0.5) is 4.79 Å². The lowest BCUT2D eigenvalue weighted by atomic mass is 9.94. The monoisotopic (exact) mass is 347 g/mol. The van der Waals surface area contributed by atoms with E-state index in [1.165, 1.54) is 18.7 Å². The Labute approximate surface area is 145 Å². The number of rotatable bonds is 9. The van der Waals surface area contributed by atoms with Crippen molar-refractivity contribution in [1.82, 2.24) is 5.32 Å². The third-order valence-corrected chi connectivity index (χ3v) is 4.37. The van der Waals surface area contributed by atoms with Gasteiger partial charge in [-0.05, 0) is 39.5 Å². The second-order valence-electron chi connectivity index (χ2n) is 6.91. The minimum atomic E-state index is -0.539. The molecule has 0 saturated carbocycles. The van der Waals surface area contributed by atoms with E-state index in [9.17, 15) is 9.59 Å². The Morgan fingerprint density at radius 3 is 2.30 bits per heavy atom. The number of alkyl carbamates (subject to hydrolysis) is 1. The van der Waals surface area contributed by atoms with Crippen molar-refractivity contribution >= 4 is 23.0 Å². The summed E-state index contributed by atoms with van der Waals surface area (Å²) in [5, 5.41) is 2.96. The van der Waals surface area contributed by atoms with E-state index in [2.05, 4.69) is 19.2 Å². The first-order chi connectivity index (χ1) is 10.6. The standard InChI is InChI=1S/C17H33NO4S/c1-8-9-14(21-7)10-12(2)15(11-23-13(3)19)18-16(20)22-17(4,5)6/h12,14-15H,8-11H2,1-7H3,(H,18,20)/t12?,14?,15-/m1/s1. The summed E-state index contributed by atoms with van der Waals surface area (Å²) in [5.74, 6) is 0.726. The topological polar surface area (TPSA) is 64.6 Å². The molecule has 0 aromatic carbocycles. The molecule has 0 aliphatic carbocycles. The fourth-order valence-corrected chi connectivity index (χ4v) is 3.07. The summed E-state index contributed by atoms with van der Waals surface area (Å²) >= 11 is 1.23. The number of hydrogen-bond donors (Lipinski definition) is 1. The molecule has 0 aliphatic heterocycles. The average Bonchev–Trinajstić information content (AvgIpc) is 2.40. The predicted molar refractivity (Wildman–Crippen MR) is 95.8 cm³/mol. The number of ether oxygens (including phenoxy) is 2. The van der Waals surface area contributed by atoms with E-state index >= 15 is 0 Å². The van der Waals surface area contributed by atoms with Crippen molar-refractivity contribution in [2.75, 3.05) is 12.9 Å². The molecule has 23 heavy (non-hydrogen) atoms. The molecule has 2 unspecified atom stereocenters. The average molecular weight is 348 g/mol. The second-order valence-corrected chi connectivity index (χ2v) is 8.11. The van der Waals surface area contributed by atoms with Crippen molar-refractivity contribution < 1.29 is 19.1 Å². The van der Waals surface area contributed by atoms with E-state index in [4.69, 9.17) is 9.47 Å². The minimum Gasteiger partial charge on any atom is -0.444 e. The van der Waals surface area contributed by atoms with Crippen LogP contribution < -0.4 is 5.32 Å². The lowest BCUT2D eigenvalue weighted by Crippen LogP contribution is -2.44. The van der Waals surface area contributed by atoms with Gasteiger partial charge in [0.1, 0.15) is 5.60 Å². The molecule has 0 heterocycles. The molecule has 0 aliphatic rings. The highest BCUT2D eigenvalue weighted by Crippen LogP contribution is 2.20. The van der Waals surface area contributed by atoms with Crippen LogP contribution in [0.5, 0.6) is 0 Å². The zero-order valence-corrected chi connectivity index (χ0v) is 16.4. The van der Waals surface area contributed by atoms with Crippen LogP contribution in [0, 0.1) is 5.92 Å². The van der Waals surface area contributed by atoms with E-state index in [0.29, 0.717) is 5.75 Å². The molecule has 5 nitrogen and oxygen atoms in total. The van der Waals surface area contributed by atoms with Gasteiger partial charge in [0.2, 0.25) is 0 Å². The first-order valence-electron chi connectivity index (χ1n) is 8.24. The van der Waals surface area contributed by atoms with Crippen molar-refractivity contribution in [3.8, 4) is 0 Å². The van der Waals surface area contributed by atoms with Crippen LogP contribution in [0.25, 0.3) is 0 Å². The molecule has 0 rings (SSSR count). The molecular formula is C17H33NO4S. The Bertz CT molecular complexity index is 368. The lowest BCUT2D eigenvalue weighted by molar-refractivity contribution is -0.109. The SMILES string of the molecule is CCCC(CC(C)[C@@H](CSC(C)=O)NC(=O)OC(C)(C)C)OC. The molecule has 1 amide bonds. The maximum Gasteiger partial charge on any atom is 0.407 e. The fraction of sp³-hybridized carbons (Fsp3) is 0.882. The van der Waals surface area contributed by atoms with Crippen LogP contribution in [0.3, 0.4) is 0 Å². The molecule has 0 aromatic rings. The third kappa shape index (κ3) is 11.4. The van der Waals surface area contributed by atoms with Crippen molar-refractivity contribution in [2.24, 2.45) is 5.92 Å². The summed E-state index contributed by atoms with van der Waals surface area (Å²) in [4.78, 5) is 23.3. The smallest absolute Gasteiger partial charge is 0.407 e. The van der Waals surface area contributed by atoms with Crippen molar-refractivity contribution in [1.29, 1.82) is 0 Å². The Kier molecular flexibility index (Phi) is 10.6. The van der Waals surface area contributed by atoms with Gasteiger partial charge in [0.25, 0.3) is 0 Å². The minimum absolute atomic E-state index is 0.0463. The summed E-state index contributed by atoms with van der Waals surface area (Å²) in [6.45, 7) is 11.2. The Morgan fingerprint density at radius 2 is 1.87 bits per heavy atom. The normalized spacial score (nSPS) is 15.6. The number of nitrogens with one attached hydrogen (secondary N) is 1. The predicted octanol–water partition coefficient (Wildman–Crippen LogP) is 4.00. The van der Waals surface area contributed by atoms with Gasteiger partial charge in [0.05, 0.1) is 6.10 Å². The summed E-state index contributed by atoms with van der Waals surface area (Å²) in [6, 6.07) is -0.131. The summed E-state index contributed by atoms with van der Waals surface area (Å²) in [6.07, 6.45) is 2.60. The van der Waals surface area contributed by atoms with Gasteiger partial charge >= 0.3 is 6.09 Å². The van der Waals surface area contributed by atoms with Crippen molar-refractivity contribution in [3.63, 3.8) is 0 Å². The van der Waals surface area contributed by atoms with E-state index in [0.717, 1.165) is 19.3 Å². The molecule has 1 N–H and O–H groups in total. The number of amides is 1. The molecule has 0 aromatic heterocycles. The van der Waals surface area contributed by atoms with Crippen LogP contribution in [0.2, 0.25) is 0 Å². The maximum atomic E-state index is 12.0. The Morgan fingerprint density at radius 1 is 1.26 bits per heavy atom. The van der Waals surface area contributed by atoms with E-state index < -0.39 is 11.7 Å². The van der Waals surface area contributed by atoms with Gasteiger partial charge in [-0.2, -0.15) is 0 Å². The van der Waals surface area contributed by atoms with Gasteiger partial charge in [-0.25, -0.2) is 4.79 Å². The third-order valence-electron chi connectivity index (χ3n) is 3.43. The number of carbonyl (C=O) groups is 2. The van der Waals surface area contributed by atoms with Crippen molar-refractivity contribution in [2.45, 2.75) is 78.6 Å². The fourth-order valence-electron chi connectivity index (χ4n) is 2.25. The highest BCUT2D eigenvalue weighted by molar-refractivity contribution is 8.13. The quantitative estimate of drug-likeness (QED) is 0.683. The summed E-state index contributed by atoms with van der Waals surface area (Å²) in [7, 11) is 1.72. The molecule has 0 radical (unpaired) electrons. The van der Waals surface area contributed by atoms with Crippen LogP contribution in [-0.2, 0) is 14.3 Å². The van der Waals surface area contributed by atoms with E-state index in [1.807, 2.05) is 20.8 Å². The molecule has 6 heteroatoms. The van der Waals surface area contributed by atoms with E-state index in [1.54, 1.807) is 7.11 Å². The van der Waals surface area contributed by atoms with Gasteiger partial charge in [-0.15, -0.1) is 0 Å². The first-order valence-corrected chi connectivity index (χ1v) is 9.23. The molecule has 0 fully saturated rings. The number of methoxy groups -OCH3 is 1. The van der Waals surface area contributed by atoms with Crippen LogP contribution in [-0.4, -0.2) is 41.8 Å². The summed E-state index contributed by atoms with van der Waals surface area (Å²) < 4.78 is 10.8. The summed E-state index contributed by atoms with van der Waals surface area (Å²) in [5.41, 5.74) is -0.539. The zero-order valence-electron chi connectivity index (χ0n) is 15.6. The molecule has 0 bridgehead atoms. The maximum absolute atomic E-state index is 12.0. The van der Waals surface area contributed by atoms with Crippen LogP contribution in [0.15, 0.2) is 0 Å². The van der Waals surface area contributed by atoms with Gasteiger partial charge in [0.15, 0.2) is 5.12 Å². The van der Waals surface area contributed by atoms with E-state index in [-0.39, 0.29) is 23.2 Å². The molecule has 0 spiro atoms.